The van der Waals surface area contributed by atoms with Crippen molar-refractivity contribution in [3.8, 4) is 0 Å². The molecule has 0 radical (unpaired) electrons. The van der Waals surface area contributed by atoms with E-state index >= 15 is 0 Å². The van der Waals surface area contributed by atoms with E-state index in [-0.39, 0.29) is 11.9 Å². The number of nitrogens with one attached hydrogen (secondary N) is 1. The average molecular weight is 327 g/mol. The van der Waals surface area contributed by atoms with Gasteiger partial charge in [-0.15, -0.1) is 0 Å². The maximum Gasteiger partial charge on any atom is 0.254 e. The molecule has 6 nitrogen and oxygen atoms in total. The third kappa shape index (κ3) is 3.58. The SMILES string of the molecule is CCC(Nc1cc(C(=O)N2CCCCC2)ccn1)c1ccnn1C. The zero-order valence-electron chi connectivity index (χ0n) is 14.4. The summed E-state index contributed by atoms with van der Waals surface area (Å²) in [5.41, 5.74) is 1.81. The zero-order valence-corrected chi connectivity index (χ0v) is 14.4. The Kier molecular flexibility index (Phi) is 5.13. The Morgan fingerprint density at radius 3 is 2.71 bits per heavy atom. The first-order chi connectivity index (χ1) is 11.7. The maximum absolute atomic E-state index is 12.6. The fourth-order valence-corrected chi connectivity index (χ4v) is 3.21. The summed E-state index contributed by atoms with van der Waals surface area (Å²) in [5, 5.41) is 7.66. The van der Waals surface area contributed by atoms with Gasteiger partial charge in [0.25, 0.3) is 5.91 Å². The molecule has 1 N–H and O–H groups in total. The van der Waals surface area contributed by atoms with Crippen molar-refractivity contribution in [3.05, 3.63) is 41.9 Å². The van der Waals surface area contributed by atoms with Crippen molar-refractivity contribution in [1.82, 2.24) is 19.7 Å². The van der Waals surface area contributed by atoms with Crippen LogP contribution >= 0.6 is 0 Å². The van der Waals surface area contributed by atoms with Crippen molar-refractivity contribution in [2.75, 3.05) is 18.4 Å². The Bertz CT molecular complexity index is 690. The number of pyridine rings is 1. The predicted octanol–water partition coefficient (Wildman–Crippen LogP) is 3.00. The number of hydrogen-bond donors (Lipinski definition) is 1. The number of anilines is 1. The quantitative estimate of drug-likeness (QED) is 0.917. The molecule has 2 aromatic heterocycles. The summed E-state index contributed by atoms with van der Waals surface area (Å²) in [5.74, 6) is 0.833. The molecule has 1 fully saturated rings. The molecule has 3 heterocycles. The van der Waals surface area contributed by atoms with Gasteiger partial charge >= 0.3 is 0 Å². The lowest BCUT2D eigenvalue weighted by atomic mass is 10.1. The number of aryl methyl sites for hydroxylation is 1. The number of carbonyl (C=O) groups is 1. The van der Waals surface area contributed by atoms with E-state index in [9.17, 15) is 4.79 Å². The van der Waals surface area contributed by atoms with Crippen LogP contribution in [0.1, 0.15) is 54.7 Å². The van der Waals surface area contributed by atoms with Crippen LogP contribution in [-0.2, 0) is 7.05 Å². The van der Waals surface area contributed by atoms with Gasteiger partial charge in [0, 0.05) is 38.1 Å². The van der Waals surface area contributed by atoms with Gasteiger partial charge in [-0.25, -0.2) is 4.98 Å². The van der Waals surface area contributed by atoms with Crippen LogP contribution in [0.2, 0.25) is 0 Å². The van der Waals surface area contributed by atoms with E-state index in [0.29, 0.717) is 5.56 Å². The van der Waals surface area contributed by atoms with E-state index in [2.05, 4.69) is 22.3 Å². The summed E-state index contributed by atoms with van der Waals surface area (Å²) in [6, 6.07) is 5.78. The van der Waals surface area contributed by atoms with Crippen LogP contribution in [0.15, 0.2) is 30.6 Å². The van der Waals surface area contributed by atoms with Crippen molar-refractivity contribution >= 4 is 11.7 Å². The van der Waals surface area contributed by atoms with E-state index in [1.54, 1.807) is 18.5 Å². The minimum absolute atomic E-state index is 0.105. The number of piperidine rings is 1. The highest BCUT2D eigenvalue weighted by Gasteiger charge is 2.19. The van der Waals surface area contributed by atoms with E-state index in [4.69, 9.17) is 0 Å². The second-order valence-electron chi connectivity index (χ2n) is 6.27. The number of nitrogens with zero attached hydrogens (tertiary/aromatic N) is 4. The van der Waals surface area contributed by atoms with Gasteiger partial charge in [0.1, 0.15) is 5.82 Å². The molecule has 1 aliphatic heterocycles. The van der Waals surface area contributed by atoms with Crippen LogP contribution in [0.25, 0.3) is 0 Å². The number of rotatable bonds is 5. The minimum atomic E-state index is 0.105. The molecule has 0 spiro atoms. The predicted molar refractivity (Wildman–Crippen MR) is 93.9 cm³/mol. The van der Waals surface area contributed by atoms with E-state index in [1.807, 2.05) is 28.8 Å². The molecular weight excluding hydrogens is 302 g/mol. The van der Waals surface area contributed by atoms with E-state index in [1.165, 1.54) is 6.42 Å². The number of amides is 1. The fraction of sp³-hybridized carbons (Fsp3) is 0.500. The van der Waals surface area contributed by atoms with Gasteiger partial charge in [-0.3, -0.25) is 9.48 Å². The number of carbonyl (C=O) groups excluding carboxylic acids is 1. The lowest BCUT2D eigenvalue weighted by Crippen LogP contribution is -2.35. The largest absolute Gasteiger partial charge is 0.362 e. The first-order valence-corrected chi connectivity index (χ1v) is 8.69. The molecule has 1 aliphatic rings. The highest BCUT2D eigenvalue weighted by atomic mass is 16.2. The first-order valence-electron chi connectivity index (χ1n) is 8.69. The maximum atomic E-state index is 12.6. The molecule has 0 aliphatic carbocycles. The van der Waals surface area contributed by atoms with Gasteiger partial charge in [-0.1, -0.05) is 6.92 Å². The van der Waals surface area contributed by atoms with Crippen LogP contribution in [0, 0.1) is 0 Å². The van der Waals surface area contributed by atoms with Crippen LogP contribution in [0.4, 0.5) is 5.82 Å². The van der Waals surface area contributed by atoms with E-state index in [0.717, 1.165) is 43.9 Å². The molecule has 24 heavy (non-hydrogen) atoms. The smallest absolute Gasteiger partial charge is 0.254 e. The Labute approximate surface area is 142 Å². The second-order valence-corrected chi connectivity index (χ2v) is 6.27. The third-order valence-electron chi connectivity index (χ3n) is 4.60. The highest BCUT2D eigenvalue weighted by Crippen LogP contribution is 2.22. The Morgan fingerprint density at radius 2 is 2.04 bits per heavy atom. The topological polar surface area (TPSA) is 63.1 Å². The highest BCUT2D eigenvalue weighted by molar-refractivity contribution is 5.94. The lowest BCUT2D eigenvalue weighted by Gasteiger charge is -2.27. The summed E-state index contributed by atoms with van der Waals surface area (Å²) >= 11 is 0. The molecule has 128 valence electrons. The van der Waals surface area contributed by atoms with Crippen molar-refractivity contribution in [1.29, 1.82) is 0 Å². The monoisotopic (exact) mass is 327 g/mol. The van der Waals surface area contributed by atoms with Crippen molar-refractivity contribution in [2.24, 2.45) is 7.05 Å². The van der Waals surface area contributed by atoms with Gasteiger partial charge in [-0.2, -0.15) is 5.10 Å². The molecule has 6 heteroatoms. The van der Waals surface area contributed by atoms with Crippen LogP contribution in [0.5, 0.6) is 0 Å². The number of likely N-dealkylation sites (tertiary alicyclic amines) is 1. The first kappa shape index (κ1) is 16.5. The molecule has 0 aromatic carbocycles. The second kappa shape index (κ2) is 7.47. The van der Waals surface area contributed by atoms with Crippen LogP contribution < -0.4 is 5.32 Å². The van der Waals surface area contributed by atoms with Crippen molar-refractivity contribution < 1.29 is 4.79 Å². The third-order valence-corrected chi connectivity index (χ3v) is 4.60. The Balaban J connectivity index is 1.75. The van der Waals surface area contributed by atoms with Crippen molar-refractivity contribution in [2.45, 2.75) is 38.6 Å². The molecule has 1 atom stereocenters. The van der Waals surface area contributed by atoms with Crippen LogP contribution in [0.3, 0.4) is 0 Å². The number of hydrogen-bond acceptors (Lipinski definition) is 4. The summed E-state index contributed by atoms with van der Waals surface area (Å²) in [6.07, 6.45) is 7.82. The molecule has 1 amide bonds. The minimum Gasteiger partial charge on any atom is -0.362 e. The van der Waals surface area contributed by atoms with Crippen LogP contribution in [-0.4, -0.2) is 38.7 Å². The normalized spacial score (nSPS) is 16.0. The Hall–Kier alpha value is -2.37. The zero-order chi connectivity index (χ0) is 16.9. The molecule has 0 saturated carbocycles. The standard InChI is InChI=1S/C18H25N5O/c1-3-15(16-8-10-20-22(16)2)21-17-13-14(7-9-19-17)18(24)23-11-5-4-6-12-23/h7-10,13,15H,3-6,11-12H2,1-2H3,(H,19,21). The summed E-state index contributed by atoms with van der Waals surface area (Å²) in [6.45, 7) is 3.83. The van der Waals surface area contributed by atoms with Gasteiger partial charge in [0.05, 0.1) is 11.7 Å². The fourth-order valence-electron chi connectivity index (χ4n) is 3.21. The lowest BCUT2D eigenvalue weighted by molar-refractivity contribution is 0.0724. The van der Waals surface area contributed by atoms with Crippen molar-refractivity contribution in [3.63, 3.8) is 0 Å². The Morgan fingerprint density at radius 1 is 1.25 bits per heavy atom. The molecule has 3 rings (SSSR count). The summed E-state index contributed by atoms with van der Waals surface area (Å²) in [4.78, 5) is 19.0. The molecule has 2 aromatic rings. The van der Waals surface area contributed by atoms with Gasteiger partial charge < -0.3 is 10.2 Å². The molecule has 1 unspecified atom stereocenters. The molecular formula is C18H25N5O. The molecule has 0 bridgehead atoms. The van der Waals surface area contributed by atoms with Gasteiger partial charge in [-0.05, 0) is 43.9 Å². The average Bonchev–Trinajstić information content (AvgIpc) is 3.06. The number of aromatic nitrogens is 3. The van der Waals surface area contributed by atoms with E-state index < -0.39 is 0 Å². The summed E-state index contributed by atoms with van der Waals surface area (Å²) < 4.78 is 1.86. The van der Waals surface area contributed by atoms with Gasteiger partial charge in [0.15, 0.2) is 0 Å². The summed E-state index contributed by atoms with van der Waals surface area (Å²) in [7, 11) is 1.93. The molecule has 1 saturated heterocycles. The van der Waals surface area contributed by atoms with Gasteiger partial charge in [0.2, 0.25) is 0 Å².